The monoisotopic (exact) mass is 268 g/mol. The molecule has 0 aromatic carbocycles. The lowest BCUT2D eigenvalue weighted by molar-refractivity contribution is -0.176. The molecule has 98 valence electrons. The number of ether oxygens (including phenoxy) is 1. The van der Waals surface area contributed by atoms with Crippen LogP contribution < -0.4 is 5.73 Å². The van der Waals surface area contributed by atoms with Gasteiger partial charge in [-0.15, -0.1) is 11.3 Å². The van der Waals surface area contributed by atoms with E-state index in [1.807, 2.05) is 13.8 Å². The number of nitrogens with zero attached hydrogens (tertiary/aromatic N) is 1. The molecule has 1 aromatic heterocycles. The molecule has 0 saturated heterocycles. The van der Waals surface area contributed by atoms with Gasteiger partial charge in [-0.1, -0.05) is 13.8 Å². The van der Waals surface area contributed by atoms with E-state index >= 15 is 0 Å². The van der Waals surface area contributed by atoms with Gasteiger partial charge in [0, 0.05) is 17.3 Å². The van der Waals surface area contributed by atoms with Crippen molar-refractivity contribution in [1.29, 1.82) is 0 Å². The van der Waals surface area contributed by atoms with E-state index in [1.165, 1.54) is 11.3 Å². The summed E-state index contributed by atoms with van der Waals surface area (Å²) in [6.07, 6.45) is -4.30. The van der Waals surface area contributed by atoms with E-state index in [2.05, 4.69) is 9.72 Å². The molecule has 0 aliphatic heterocycles. The smallest absolute Gasteiger partial charge is 0.365 e. The summed E-state index contributed by atoms with van der Waals surface area (Å²) >= 11 is 1.28. The highest BCUT2D eigenvalue weighted by molar-refractivity contribution is 7.09. The summed E-state index contributed by atoms with van der Waals surface area (Å²) in [6, 6.07) is 0. The van der Waals surface area contributed by atoms with Crippen molar-refractivity contribution in [2.24, 2.45) is 5.73 Å². The van der Waals surface area contributed by atoms with Crippen LogP contribution in [0.4, 0.5) is 13.2 Å². The summed E-state index contributed by atoms with van der Waals surface area (Å²) in [4.78, 5) is 4.22. The predicted molar refractivity (Wildman–Crippen MR) is 59.9 cm³/mol. The number of hydrogen-bond donors (Lipinski definition) is 1. The molecule has 0 atom stereocenters. The minimum absolute atomic E-state index is 0.120. The summed E-state index contributed by atoms with van der Waals surface area (Å²) in [7, 11) is 0. The molecule has 1 rings (SSSR count). The minimum Gasteiger partial charge on any atom is -0.365 e. The van der Waals surface area contributed by atoms with Crippen molar-refractivity contribution in [3.63, 3.8) is 0 Å². The highest BCUT2D eigenvalue weighted by Gasteiger charge is 2.28. The molecule has 0 aliphatic rings. The van der Waals surface area contributed by atoms with Crippen LogP contribution in [0.3, 0.4) is 0 Å². The van der Waals surface area contributed by atoms with E-state index in [1.54, 1.807) is 5.38 Å². The largest absolute Gasteiger partial charge is 0.411 e. The van der Waals surface area contributed by atoms with Crippen LogP contribution in [-0.4, -0.2) is 24.3 Å². The maximum absolute atomic E-state index is 11.8. The van der Waals surface area contributed by atoms with E-state index in [9.17, 15) is 13.2 Å². The van der Waals surface area contributed by atoms with Crippen molar-refractivity contribution in [3.8, 4) is 0 Å². The van der Waals surface area contributed by atoms with Crippen LogP contribution in [0.5, 0.6) is 0 Å². The molecule has 0 bridgehead atoms. The van der Waals surface area contributed by atoms with Gasteiger partial charge in [0.2, 0.25) is 0 Å². The topological polar surface area (TPSA) is 48.1 Å². The van der Waals surface area contributed by atoms with Crippen LogP contribution in [0.25, 0.3) is 0 Å². The second-order valence-corrected chi connectivity index (χ2v) is 5.27. The maximum atomic E-state index is 11.8. The Balaban J connectivity index is 2.52. The Morgan fingerprint density at radius 2 is 2.06 bits per heavy atom. The number of aromatic nitrogens is 1. The quantitative estimate of drug-likeness (QED) is 0.892. The number of rotatable bonds is 5. The lowest BCUT2D eigenvalue weighted by Crippen LogP contribution is -2.28. The zero-order chi connectivity index (χ0) is 13.1. The molecule has 1 aromatic rings. The van der Waals surface area contributed by atoms with Crippen molar-refractivity contribution in [3.05, 3.63) is 16.1 Å². The molecule has 17 heavy (non-hydrogen) atoms. The van der Waals surface area contributed by atoms with Gasteiger partial charge in [0.25, 0.3) is 0 Å². The van der Waals surface area contributed by atoms with Gasteiger partial charge in [-0.3, -0.25) is 0 Å². The van der Waals surface area contributed by atoms with Crippen LogP contribution in [0, 0.1) is 0 Å². The lowest BCUT2D eigenvalue weighted by Gasteiger charge is -2.19. The zero-order valence-electron chi connectivity index (χ0n) is 9.67. The molecule has 0 fully saturated rings. The van der Waals surface area contributed by atoms with Gasteiger partial charge >= 0.3 is 6.18 Å². The molecule has 0 unspecified atom stereocenters. The van der Waals surface area contributed by atoms with Gasteiger partial charge < -0.3 is 10.5 Å². The summed E-state index contributed by atoms with van der Waals surface area (Å²) in [5.74, 6) is 0. The summed E-state index contributed by atoms with van der Waals surface area (Å²) in [5, 5.41) is 2.34. The van der Waals surface area contributed by atoms with Gasteiger partial charge in [-0.05, 0) is 0 Å². The Bertz CT molecular complexity index is 363. The Morgan fingerprint density at radius 3 is 2.59 bits per heavy atom. The van der Waals surface area contributed by atoms with E-state index in [0.29, 0.717) is 11.6 Å². The molecule has 0 amide bonds. The SMILES string of the molecule is CC(C)(CN)c1csc(COCC(F)(F)F)n1. The van der Waals surface area contributed by atoms with E-state index in [0.717, 1.165) is 5.69 Å². The Morgan fingerprint density at radius 1 is 1.41 bits per heavy atom. The first-order valence-corrected chi connectivity index (χ1v) is 5.92. The Hall–Kier alpha value is -0.660. The van der Waals surface area contributed by atoms with Crippen LogP contribution in [0.15, 0.2) is 5.38 Å². The van der Waals surface area contributed by atoms with E-state index in [-0.39, 0.29) is 12.0 Å². The molecule has 2 N–H and O–H groups in total. The van der Waals surface area contributed by atoms with Crippen molar-refractivity contribution in [2.45, 2.75) is 32.0 Å². The van der Waals surface area contributed by atoms with E-state index in [4.69, 9.17) is 5.73 Å². The van der Waals surface area contributed by atoms with Gasteiger partial charge in [0.15, 0.2) is 0 Å². The fraction of sp³-hybridized carbons (Fsp3) is 0.700. The third-order valence-electron chi connectivity index (χ3n) is 2.25. The normalized spacial score (nSPS) is 13.1. The summed E-state index contributed by atoms with van der Waals surface area (Å²) < 4.78 is 40.1. The third-order valence-corrected chi connectivity index (χ3v) is 3.07. The molecule has 1 heterocycles. The van der Waals surface area contributed by atoms with Crippen molar-refractivity contribution >= 4 is 11.3 Å². The molecule has 0 radical (unpaired) electrons. The standard InChI is InChI=1S/C10H15F3N2OS/c1-9(2,5-14)7-4-17-8(15-7)3-16-6-10(11,12)13/h4H,3,5-6,14H2,1-2H3. The van der Waals surface area contributed by atoms with E-state index < -0.39 is 12.8 Å². The van der Waals surface area contributed by atoms with Crippen LogP contribution in [0.2, 0.25) is 0 Å². The van der Waals surface area contributed by atoms with Crippen molar-refractivity contribution in [1.82, 2.24) is 4.98 Å². The zero-order valence-corrected chi connectivity index (χ0v) is 10.5. The average molecular weight is 268 g/mol. The molecule has 3 nitrogen and oxygen atoms in total. The molecule has 7 heteroatoms. The number of nitrogens with two attached hydrogens (primary N) is 1. The van der Waals surface area contributed by atoms with Gasteiger partial charge in [-0.2, -0.15) is 13.2 Å². The Labute approximate surface area is 102 Å². The van der Waals surface area contributed by atoms with Gasteiger partial charge in [-0.25, -0.2) is 4.98 Å². The Kier molecular flexibility index (Phi) is 4.51. The molecule has 0 spiro atoms. The van der Waals surface area contributed by atoms with Gasteiger partial charge in [0.1, 0.15) is 11.6 Å². The molecular formula is C10H15F3N2OS. The number of hydrogen-bond acceptors (Lipinski definition) is 4. The molecule has 0 aliphatic carbocycles. The van der Waals surface area contributed by atoms with Crippen LogP contribution in [-0.2, 0) is 16.8 Å². The predicted octanol–water partition coefficient (Wildman–Crippen LogP) is 2.46. The fourth-order valence-electron chi connectivity index (χ4n) is 1.05. The lowest BCUT2D eigenvalue weighted by atomic mass is 9.90. The average Bonchev–Trinajstić information content (AvgIpc) is 2.65. The highest BCUT2D eigenvalue weighted by Crippen LogP contribution is 2.24. The highest BCUT2D eigenvalue weighted by atomic mass is 32.1. The third kappa shape index (κ3) is 4.61. The summed E-state index contributed by atoms with van der Waals surface area (Å²) in [6.45, 7) is 2.93. The minimum atomic E-state index is -4.30. The summed E-state index contributed by atoms with van der Waals surface area (Å²) in [5.41, 5.74) is 6.11. The van der Waals surface area contributed by atoms with Crippen molar-refractivity contribution in [2.75, 3.05) is 13.2 Å². The first-order valence-electron chi connectivity index (χ1n) is 5.04. The first kappa shape index (κ1) is 14.4. The maximum Gasteiger partial charge on any atom is 0.411 e. The fourth-order valence-corrected chi connectivity index (χ4v) is 1.97. The van der Waals surface area contributed by atoms with Crippen LogP contribution in [0.1, 0.15) is 24.5 Å². The molecule has 0 saturated carbocycles. The first-order chi connectivity index (χ1) is 7.74. The number of alkyl halides is 3. The van der Waals surface area contributed by atoms with Gasteiger partial charge in [0.05, 0.1) is 12.3 Å². The van der Waals surface area contributed by atoms with Crippen LogP contribution >= 0.6 is 11.3 Å². The molecular weight excluding hydrogens is 253 g/mol. The second-order valence-electron chi connectivity index (χ2n) is 4.32. The number of halogens is 3. The second kappa shape index (κ2) is 5.32. The number of thiazole rings is 1. The van der Waals surface area contributed by atoms with Crippen molar-refractivity contribution < 1.29 is 17.9 Å².